The number of urea groups is 1. The van der Waals surface area contributed by atoms with E-state index in [1.807, 2.05) is 36.4 Å². The third-order valence-electron chi connectivity index (χ3n) is 5.46. The molecule has 4 rings (SSSR count). The molecule has 10 nitrogen and oxygen atoms in total. The van der Waals surface area contributed by atoms with E-state index >= 15 is 0 Å². The van der Waals surface area contributed by atoms with Crippen molar-refractivity contribution in [2.45, 2.75) is 44.8 Å². The molecule has 35 heavy (non-hydrogen) atoms. The zero-order chi connectivity index (χ0) is 24.3. The number of nitrogens with zero attached hydrogens (tertiary/aromatic N) is 3. The molecule has 10 heteroatoms. The number of benzene rings is 1. The number of fused-ring (bicyclic) bond motifs is 3. The fourth-order valence-corrected chi connectivity index (χ4v) is 3.72. The average molecular weight is 480 g/mol. The van der Waals surface area contributed by atoms with Gasteiger partial charge in [0.15, 0.2) is 12.1 Å². The fraction of sp³-hybridized carbons (Fsp3) is 0.440. The molecule has 2 bridgehead atoms. The van der Waals surface area contributed by atoms with Crippen LogP contribution in [0.3, 0.4) is 0 Å². The van der Waals surface area contributed by atoms with E-state index in [2.05, 4.69) is 20.6 Å². The first-order chi connectivity index (χ1) is 17.2. The molecule has 2 aliphatic heterocycles. The molecule has 0 saturated carbocycles. The number of carbonyl (C=O) groups is 1. The van der Waals surface area contributed by atoms with Crippen LogP contribution >= 0.6 is 0 Å². The summed E-state index contributed by atoms with van der Waals surface area (Å²) in [6, 6.07) is 7.16. The Balaban J connectivity index is 1.43. The molecule has 1 unspecified atom stereocenters. The molecule has 3 heterocycles. The molecule has 2 aromatic rings. The van der Waals surface area contributed by atoms with Crippen molar-refractivity contribution in [3.05, 3.63) is 47.8 Å². The summed E-state index contributed by atoms with van der Waals surface area (Å²) in [5.41, 5.74) is 1.64. The number of aromatic nitrogens is 2. The molecule has 1 fully saturated rings. The van der Waals surface area contributed by atoms with E-state index in [9.17, 15) is 10.1 Å². The monoisotopic (exact) mass is 479 g/mol. The summed E-state index contributed by atoms with van der Waals surface area (Å²) in [6.07, 6.45) is 10.4. The molecule has 2 aliphatic rings. The standard InChI is InChI=1S/C25H29N5O5/c26-16-20-24-29-22(17-27-20)30-25(31)28-19-15-18(7-6-14-34-23-8-2-5-12-33-23)9-10-21(19)32-11-3-1-4-13-35-24/h1,3,9-10,15,17,23H,2,4-8,11-14H2,(H2,28,29,30,31)/b3-1+. The first-order valence-electron chi connectivity index (χ1n) is 11.8. The lowest BCUT2D eigenvalue weighted by molar-refractivity contribution is -0.162. The van der Waals surface area contributed by atoms with E-state index < -0.39 is 6.03 Å². The van der Waals surface area contributed by atoms with Gasteiger partial charge in [-0.25, -0.2) is 9.78 Å². The first kappa shape index (κ1) is 24.4. The van der Waals surface area contributed by atoms with Crippen molar-refractivity contribution in [2.75, 3.05) is 37.1 Å². The highest BCUT2D eigenvalue weighted by molar-refractivity contribution is 6.00. The number of nitrogens with one attached hydrogen (secondary N) is 2. The second-order valence-corrected chi connectivity index (χ2v) is 8.12. The van der Waals surface area contributed by atoms with Crippen molar-refractivity contribution in [3.63, 3.8) is 0 Å². The number of carbonyl (C=O) groups excluding carboxylic acids is 1. The second kappa shape index (κ2) is 12.7. The zero-order valence-corrected chi connectivity index (χ0v) is 19.5. The van der Waals surface area contributed by atoms with Crippen LogP contribution in [-0.2, 0) is 15.9 Å². The molecular formula is C25H29N5O5. The van der Waals surface area contributed by atoms with Gasteiger partial charge in [0.2, 0.25) is 5.69 Å². The maximum atomic E-state index is 12.7. The van der Waals surface area contributed by atoms with Crippen LogP contribution in [0.5, 0.6) is 11.6 Å². The SMILES string of the molecule is N#Cc1ncc2nc1OCC/C=C/COc1ccc(CCCOC3CCCCO3)cc1NC(=O)N2. The number of ether oxygens (including phenoxy) is 4. The van der Waals surface area contributed by atoms with Crippen molar-refractivity contribution in [1.29, 1.82) is 5.26 Å². The highest BCUT2D eigenvalue weighted by Crippen LogP contribution is 2.27. The van der Waals surface area contributed by atoms with Gasteiger partial charge in [-0.3, -0.25) is 5.32 Å². The highest BCUT2D eigenvalue weighted by Gasteiger charge is 2.15. The molecule has 1 saturated heterocycles. The molecular weight excluding hydrogens is 450 g/mol. The third-order valence-corrected chi connectivity index (χ3v) is 5.46. The minimum absolute atomic E-state index is 0.0570. The van der Waals surface area contributed by atoms with Crippen LogP contribution in [0.15, 0.2) is 36.5 Å². The van der Waals surface area contributed by atoms with Crippen molar-refractivity contribution in [3.8, 4) is 17.7 Å². The van der Waals surface area contributed by atoms with Crippen LogP contribution in [0.2, 0.25) is 0 Å². The molecule has 0 radical (unpaired) electrons. The van der Waals surface area contributed by atoms with Crippen LogP contribution in [-0.4, -0.2) is 48.7 Å². The number of hydrogen-bond donors (Lipinski definition) is 2. The minimum atomic E-state index is -0.514. The first-order valence-corrected chi connectivity index (χ1v) is 11.8. The van der Waals surface area contributed by atoms with Crippen LogP contribution in [0.25, 0.3) is 0 Å². The normalized spacial score (nSPS) is 19.3. The van der Waals surface area contributed by atoms with Crippen LogP contribution in [0.1, 0.15) is 43.4 Å². The van der Waals surface area contributed by atoms with Crippen LogP contribution in [0, 0.1) is 11.3 Å². The number of anilines is 2. The maximum Gasteiger partial charge on any atom is 0.325 e. The van der Waals surface area contributed by atoms with Gasteiger partial charge in [-0.15, -0.1) is 0 Å². The molecule has 0 aliphatic carbocycles. The summed E-state index contributed by atoms with van der Waals surface area (Å²) < 4.78 is 22.9. The van der Waals surface area contributed by atoms with Gasteiger partial charge in [0, 0.05) is 6.61 Å². The molecule has 0 spiro atoms. The quantitative estimate of drug-likeness (QED) is 0.483. The van der Waals surface area contributed by atoms with E-state index in [0.717, 1.165) is 44.3 Å². The Morgan fingerprint density at radius 1 is 1.17 bits per heavy atom. The zero-order valence-electron chi connectivity index (χ0n) is 19.5. The summed E-state index contributed by atoms with van der Waals surface area (Å²) in [5.74, 6) is 0.800. The second-order valence-electron chi connectivity index (χ2n) is 8.12. The Hall–Kier alpha value is -3.68. The number of aryl methyl sites for hydroxylation is 1. The van der Waals surface area contributed by atoms with Crippen molar-refractivity contribution in [1.82, 2.24) is 9.97 Å². The van der Waals surface area contributed by atoms with E-state index in [-0.39, 0.29) is 23.7 Å². The molecule has 1 atom stereocenters. The Morgan fingerprint density at radius 3 is 2.97 bits per heavy atom. The summed E-state index contributed by atoms with van der Waals surface area (Å²) in [5, 5.41) is 14.7. The van der Waals surface area contributed by atoms with Crippen LogP contribution < -0.4 is 20.1 Å². The van der Waals surface area contributed by atoms with Gasteiger partial charge in [-0.2, -0.15) is 10.2 Å². The van der Waals surface area contributed by atoms with Gasteiger partial charge in [-0.05, 0) is 56.2 Å². The van der Waals surface area contributed by atoms with Gasteiger partial charge in [0.1, 0.15) is 18.4 Å². The summed E-state index contributed by atoms with van der Waals surface area (Å²) >= 11 is 0. The fourth-order valence-electron chi connectivity index (χ4n) is 3.72. The van der Waals surface area contributed by atoms with Crippen molar-refractivity contribution < 1.29 is 23.7 Å². The van der Waals surface area contributed by atoms with E-state index in [4.69, 9.17) is 18.9 Å². The summed E-state index contributed by atoms with van der Waals surface area (Å²) in [4.78, 5) is 20.9. The average Bonchev–Trinajstić information content (AvgIpc) is 2.87. The predicted octanol–water partition coefficient (Wildman–Crippen LogP) is 4.19. The van der Waals surface area contributed by atoms with Crippen molar-refractivity contribution >= 4 is 17.5 Å². The molecule has 1 aromatic heterocycles. The van der Waals surface area contributed by atoms with E-state index in [0.29, 0.717) is 37.7 Å². The van der Waals surface area contributed by atoms with Gasteiger partial charge in [0.25, 0.3) is 5.88 Å². The predicted molar refractivity (Wildman–Crippen MR) is 128 cm³/mol. The van der Waals surface area contributed by atoms with E-state index in [1.54, 1.807) is 0 Å². The Bertz CT molecular complexity index is 1080. The lowest BCUT2D eigenvalue weighted by Gasteiger charge is -2.22. The molecule has 2 amide bonds. The molecule has 2 N–H and O–H groups in total. The van der Waals surface area contributed by atoms with Gasteiger partial charge in [0.05, 0.1) is 25.1 Å². The Kier molecular flexibility index (Phi) is 8.86. The smallest absolute Gasteiger partial charge is 0.325 e. The molecule has 1 aromatic carbocycles. The summed E-state index contributed by atoms with van der Waals surface area (Å²) in [6.45, 7) is 2.02. The number of amides is 2. The number of hydrogen-bond acceptors (Lipinski definition) is 8. The number of rotatable bonds is 5. The highest BCUT2D eigenvalue weighted by atomic mass is 16.7. The van der Waals surface area contributed by atoms with Crippen LogP contribution in [0.4, 0.5) is 16.3 Å². The topological polar surface area (TPSA) is 128 Å². The van der Waals surface area contributed by atoms with E-state index in [1.165, 1.54) is 6.20 Å². The lowest BCUT2D eigenvalue weighted by Crippen LogP contribution is -2.22. The number of nitriles is 1. The largest absolute Gasteiger partial charge is 0.487 e. The minimum Gasteiger partial charge on any atom is -0.487 e. The molecule has 184 valence electrons. The van der Waals surface area contributed by atoms with Crippen molar-refractivity contribution in [2.24, 2.45) is 0 Å². The lowest BCUT2D eigenvalue weighted by atomic mass is 10.1. The van der Waals surface area contributed by atoms with Gasteiger partial charge < -0.3 is 24.3 Å². The Labute approximate surface area is 204 Å². The van der Waals surface area contributed by atoms with Gasteiger partial charge in [-0.1, -0.05) is 18.2 Å². The third kappa shape index (κ3) is 7.40. The summed E-state index contributed by atoms with van der Waals surface area (Å²) in [7, 11) is 0. The van der Waals surface area contributed by atoms with Gasteiger partial charge >= 0.3 is 6.03 Å². The Morgan fingerprint density at radius 2 is 2.11 bits per heavy atom. The maximum absolute atomic E-state index is 12.7.